The third-order valence-corrected chi connectivity index (χ3v) is 2.38. The van der Waals surface area contributed by atoms with E-state index in [1.807, 2.05) is 0 Å². The number of anilines is 1. The van der Waals surface area contributed by atoms with Crippen molar-refractivity contribution in [2.75, 3.05) is 19.5 Å². The molecule has 0 spiro atoms. The summed E-state index contributed by atoms with van der Waals surface area (Å²) in [5.74, 6) is -0.951. The number of hydrogen-bond donors (Lipinski definition) is 1. The number of ether oxygens (including phenoxy) is 2. The Balaban J connectivity index is 2.55. The van der Waals surface area contributed by atoms with Crippen molar-refractivity contribution in [2.24, 2.45) is 0 Å². The van der Waals surface area contributed by atoms with E-state index in [9.17, 15) is 9.59 Å². The lowest BCUT2D eigenvalue weighted by atomic mass is 10.2. The highest BCUT2D eigenvalue weighted by molar-refractivity contribution is 9.10. The van der Waals surface area contributed by atoms with Crippen LogP contribution in [0.3, 0.4) is 0 Å². The molecule has 0 saturated carbocycles. The topological polar surface area (TPSA) is 78.6 Å². The van der Waals surface area contributed by atoms with Crippen molar-refractivity contribution < 1.29 is 19.1 Å². The van der Waals surface area contributed by atoms with Crippen LogP contribution in [0.2, 0.25) is 0 Å². The molecule has 0 saturated heterocycles. The van der Waals surface area contributed by atoms with Gasteiger partial charge in [0.15, 0.2) is 0 Å². The molecule has 0 aliphatic rings. The summed E-state index contributed by atoms with van der Waals surface area (Å²) < 4.78 is 10.0. The van der Waals surface area contributed by atoms with Crippen molar-refractivity contribution in [2.45, 2.75) is 6.42 Å². The first-order valence-electron chi connectivity index (χ1n) is 4.83. The predicted molar refractivity (Wildman–Crippen MR) is 65.5 cm³/mol. The van der Waals surface area contributed by atoms with Crippen molar-refractivity contribution in [3.05, 3.63) is 28.2 Å². The third kappa shape index (κ3) is 4.44. The molecule has 0 bridgehead atoms. The summed E-state index contributed by atoms with van der Waals surface area (Å²) in [5, 5.41) is 0. The lowest BCUT2D eigenvalue weighted by Crippen LogP contribution is -2.11. The quantitative estimate of drug-likeness (QED) is 0.677. The molecule has 0 fully saturated rings. The van der Waals surface area contributed by atoms with Gasteiger partial charge in [-0.25, -0.2) is 4.79 Å². The molecular formula is C11H12BrNO4. The van der Waals surface area contributed by atoms with Crippen LogP contribution in [0.25, 0.3) is 0 Å². The van der Waals surface area contributed by atoms with Gasteiger partial charge in [-0.2, -0.15) is 0 Å². The number of halogens is 1. The van der Waals surface area contributed by atoms with E-state index < -0.39 is 11.9 Å². The summed E-state index contributed by atoms with van der Waals surface area (Å²) >= 11 is 3.22. The van der Waals surface area contributed by atoms with Gasteiger partial charge < -0.3 is 15.2 Å². The SMILES string of the molecule is COC(=O)CCOC(=O)c1cc(N)cc(Br)c1. The van der Waals surface area contributed by atoms with Crippen LogP contribution in [-0.4, -0.2) is 25.7 Å². The number of esters is 2. The summed E-state index contributed by atoms with van der Waals surface area (Å²) in [6.45, 7) is -0.0159. The van der Waals surface area contributed by atoms with Gasteiger partial charge in [0.1, 0.15) is 6.61 Å². The Morgan fingerprint density at radius 3 is 2.65 bits per heavy atom. The number of benzene rings is 1. The number of nitrogen functional groups attached to an aromatic ring is 1. The fourth-order valence-electron chi connectivity index (χ4n) is 1.14. The Labute approximate surface area is 107 Å². The zero-order chi connectivity index (χ0) is 12.8. The van der Waals surface area contributed by atoms with Gasteiger partial charge in [0.2, 0.25) is 0 Å². The van der Waals surface area contributed by atoms with Crippen molar-refractivity contribution in [1.29, 1.82) is 0 Å². The summed E-state index contributed by atoms with van der Waals surface area (Å²) in [7, 11) is 1.28. The zero-order valence-corrected chi connectivity index (χ0v) is 10.8. The van der Waals surface area contributed by atoms with Gasteiger partial charge in [-0.05, 0) is 18.2 Å². The predicted octanol–water partition coefficient (Wildman–Crippen LogP) is 1.75. The van der Waals surface area contributed by atoms with E-state index in [4.69, 9.17) is 10.5 Å². The van der Waals surface area contributed by atoms with Gasteiger partial charge in [-0.15, -0.1) is 0 Å². The van der Waals surface area contributed by atoms with E-state index in [-0.39, 0.29) is 13.0 Å². The van der Waals surface area contributed by atoms with Crippen LogP contribution < -0.4 is 5.73 Å². The van der Waals surface area contributed by atoms with Crippen LogP contribution in [0.1, 0.15) is 16.8 Å². The van der Waals surface area contributed by atoms with Gasteiger partial charge >= 0.3 is 11.9 Å². The number of hydrogen-bond acceptors (Lipinski definition) is 5. The maximum absolute atomic E-state index is 11.6. The molecule has 0 unspecified atom stereocenters. The molecule has 92 valence electrons. The molecular weight excluding hydrogens is 290 g/mol. The monoisotopic (exact) mass is 301 g/mol. The van der Waals surface area contributed by atoms with Crippen LogP contribution >= 0.6 is 15.9 Å². The van der Waals surface area contributed by atoms with Gasteiger partial charge in [-0.1, -0.05) is 15.9 Å². The minimum Gasteiger partial charge on any atom is -0.469 e. The first-order valence-corrected chi connectivity index (χ1v) is 5.62. The summed E-state index contributed by atoms with van der Waals surface area (Å²) in [4.78, 5) is 22.4. The molecule has 6 heteroatoms. The smallest absolute Gasteiger partial charge is 0.338 e. The van der Waals surface area contributed by atoms with Crippen LogP contribution in [0, 0.1) is 0 Å². The molecule has 1 aromatic carbocycles. The molecule has 0 aliphatic carbocycles. The van der Waals surface area contributed by atoms with Gasteiger partial charge in [0.25, 0.3) is 0 Å². The van der Waals surface area contributed by atoms with Gasteiger partial charge in [-0.3, -0.25) is 4.79 Å². The fraction of sp³-hybridized carbons (Fsp3) is 0.273. The number of methoxy groups -OCH3 is 1. The molecule has 1 rings (SSSR count). The first-order chi connectivity index (χ1) is 8.02. The third-order valence-electron chi connectivity index (χ3n) is 1.92. The molecule has 5 nitrogen and oxygen atoms in total. The number of rotatable bonds is 4. The van der Waals surface area contributed by atoms with Crippen molar-refractivity contribution in [3.63, 3.8) is 0 Å². The van der Waals surface area contributed by atoms with Crippen LogP contribution in [0.5, 0.6) is 0 Å². The van der Waals surface area contributed by atoms with Crippen LogP contribution in [-0.2, 0) is 14.3 Å². The average molecular weight is 302 g/mol. The molecule has 0 aromatic heterocycles. The Morgan fingerprint density at radius 2 is 2.06 bits per heavy atom. The first kappa shape index (κ1) is 13.5. The summed E-state index contributed by atoms with van der Waals surface area (Å²) in [5.41, 5.74) is 6.38. The second-order valence-corrected chi connectivity index (χ2v) is 4.15. The van der Waals surface area contributed by atoms with Gasteiger partial charge in [0, 0.05) is 10.2 Å². The Bertz CT molecular complexity index is 413. The molecule has 17 heavy (non-hydrogen) atoms. The largest absolute Gasteiger partial charge is 0.469 e. The highest BCUT2D eigenvalue weighted by atomic mass is 79.9. The van der Waals surface area contributed by atoms with Crippen LogP contribution in [0.4, 0.5) is 5.69 Å². The average Bonchev–Trinajstić information content (AvgIpc) is 2.27. The Hall–Kier alpha value is -1.56. The van der Waals surface area contributed by atoms with E-state index in [0.717, 1.165) is 0 Å². The summed E-state index contributed by atoms with van der Waals surface area (Å²) in [6, 6.07) is 4.77. The van der Waals surface area contributed by atoms with E-state index in [2.05, 4.69) is 20.7 Å². The number of nitrogens with two attached hydrogens (primary N) is 1. The normalized spacial score (nSPS) is 9.76. The van der Waals surface area contributed by atoms with Crippen LogP contribution in [0.15, 0.2) is 22.7 Å². The zero-order valence-electron chi connectivity index (χ0n) is 9.23. The fourth-order valence-corrected chi connectivity index (χ4v) is 1.65. The second-order valence-electron chi connectivity index (χ2n) is 3.24. The minimum absolute atomic E-state index is 0.0159. The van der Waals surface area contributed by atoms with Gasteiger partial charge in [0.05, 0.1) is 19.1 Å². The van der Waals surface area contributed by atoms with E-state index in [1.165, 1.54) is 13.2 Å². The van der Waals surface area contributed by atoms with E-state index >= 15 is 0 Å². The number of carbonyl (C=O) groups is 2. The second kappa shape index (κ2) is 6.24. The Morgan fingerprint density at radius 1 is 1.35 bits per heavy atom. The lowest BCUT2D eigenvalue weighted by Gasteiger charge is -2.05. The van der Waals surface area contributed by atoms with Crippen molar-refractivity contribution in [1.82, 2.24) is 0 Å². The lowest BCUT2D eigenvalue weighted by molar-refractivity contribution is -0.141. The molecule has 1 aromatic rings. The minimum atomic E-state index is -0.526. The molecule has 2 N–H and O–H groups in total. The molecule has 0 radical (unpaired) electrons. The molecule has 0 atom stereocenters. The summed E-state index contributed by atoms with van der Waals surface area (Å²) in [6.07, 6.45) is 0.0335. The Kier molecular flexibility index (Phi) is 4.96. The van der Waals surface area contributed by atoms with Crippen molar-refractivity contribution in [3.8, 4) is 0 Å². The maximum atomic E-state index is 11.6. The van der Waals surface area contributed by atoms with E-state index in [1.54, 1.807) is 12.1 Å². The standard InChI is InChI=1S/C11H12BrNO4/c1-16-10(14)2-3-17-11(15)7-4-8(12)6-9(13)5-7/h4-6H,2-3,13H2,1H3. The highest BCUT2D eigenvalue weighted by Crippen LogP contribution is 2.17. The molecule has 0 amide bonds. The molecule has 0 heterocycles. The van der Waals surface area contributed by atoms with Crippen molar-refractivity contribution >= 4 is 33.6 Å². The molecule has 0 aliphatic heterocycles. The van der Waals surface area contributed by atoms with E-state index in [0.29, 0.717) is 15.7 Å². The number of carbonyl (C=O) groups excluding carboxylic acids is 2. The highest BCUT2D eigenvalue weighted by Gasteiger charge is 2.10. The maximum Gasteiger partial charge on any atom is 0.338 e.